The van der Waals surface area contributed by atoms with Crippen LogP contribution in [0.25, 0.3) is 17.0 Å². The second kappa shape index (κ2) is 4.45. The van der Waals surface area contributed by atoms with Gasteiger partial charge in [-0.1, -0.05) is 30.9 Å². The quantitative estimate of drug-likeness (QED) is 0.757. The molecule has 0 spiro atoms. The van der Waals surface area contributed by atoms with E-state index in [4.69, 9.17) is 9.15 Å². The van der Waals surface area contributed by atoms with Gasteiger partial charge in [-0.05, 0) is 13.8 Å². The lowest BCUT2D eigenvalue weighted by molar-refractivity contribution is 0.0491. The Bertz CT molecular complexity index is 578. The molecule has 0 fully saturated rings. The Balaban J connectivity index is 2.64. The van der Waals surface area contributed by atoms with Gasteiger partial charge >= 0.3 is 5.97 Å². The van der Waals surface area contributed by atoms with Gasteiger partial charge in [-0.25, -0.2) is 4.79 Å². The van der Waals surface area contributed by atoms with Crippen LogP contribution in [-0.2, 0) is 4.74 Å². The lowest BCUT2D eigenvalue weighted by atomic mass is 10.1. The third kappa shape index (κ3) is 1.84. The van der Waals surface area contributed by atoms with E-state index < -0.39 is 5.97 Å². The minimum atomic E-state index is -0.420. The fourth-order valence-electron chi connectivity index (χ4n) is 1.82. The zero-order valence-corrected chi connectivity index (χ0v) is 9.95. The molecule has 1 aromatic heterocycles. The highest BCUT2D eigenvalue weighted by atomic mass is 16.5. The standard InChI is InChI=1S/C14H14O3/c1-4-10-7-6-8-11-9(3)12(17-13(10)11)14(15)16-5-2/h4,6-8H,1,5H2,2-3H3. The SMILES string of the molecule is C=Cc1cccc2c(C)c(C(=O)OCC)oc12. The molecule has 0 radical (unpaired) electrons. The Morgan fingerprint density at radius 2 is 2.29 bits per heavy atom. The summed E-state index contributed by atoms with van der Waals surface area (Å²) in [6.45, 7) is 7.68. The number of fused-ring (bicyclic) bond motifs is 1. The molecule has 1 aromatic carbocycles. The van der Waals surface area contributed by atoms with Crippen molar-refractivity contribution in [2.45, 2.75) is 13.8 Å². The number of carbonyl (C=O) groups excluding carboxylic acids is 1. The molecule has 2 rings (SSSR count). The van der Waals surface area contributed by atoms with Crippen LogP contribution in [0.3, 0.4) is 0 Å². The van der Waals surface area contributed by atoms with E-state index in [2.05, 4.69) is 6.58 Å². The fraction of sp³-hybridized carbons (Fsp3) is 0.214. The summed E-state index contributed by atoms with van der Waals surface area (Å²) in [4.78, 5) is 11.7. The molecule has 0 aliphatic rings. The zero-order valence-electron chi connectivity index (χ0n) is 9.95. The van der Waals surface area contributed by atoms with Crippen LogP contribution in [0.4, 0.5) is 0 Å². The highest BCUT2D eigenvalue weighted by Crippen LogP contribution is 2.28. The maximum absolute atomic E-state index is 11.7. The summed E-state index contributed by atoms with van der Waals surface area (Å²) in [5.41, 5.74) is 2.37. The van der Waals surface area contributed by atoms with Gasteiger partial charge in [0.25, 0.3) is 0 Å². The van der Waals surface area contributed by atoms with Crippen molar-refractivity contribution < 1.29 is 13.9 Å². The van der Waals surface area contributed by atoms with E-state index in [1.807, 2.05) is 25.1 Å². The maximum Gasteiger partial charge on any atom is 0.374 e. The van der Waals surface area contributed by atoms with Crippen molar-refractivity contribution in [1.82, 2.24) is 0 Å². The first-order valence-electron chi connectivity index (χ1n) is 5.50. The lowest BCUT2D eigenvalue weighted by Gasteiger charge is -1.97. The largest absolute Gasteiger partial charge is 0.460 e. The van der Waals surface area contributed by atoms with E-state index in [1.54, 1.807) is 13.0 Å². The number of esters is 1. The first-order valence-corrected chi connectivity index (χ1v) is 5.50. The molecule has 0 N–H and O–H groups in total. The minimum Gasteiger partial charge on any atom is -0.460 e. The Morgan fingerprint density at radius 1 is 1.53 bits per heavy atom. The molecule has 0 unspecified atom stereocenters. The Labute approximate surface area is 99.7 Å². The van der Waals surface area contributed by atoms with Crippen LogP contribution in [-0.4, -0.2) is 12.6 Å². The normalized spacial score (nSPS) is 10.5. The molecular weight excluding hydrogens is 216 g/mol. The van der Waals surface area contributed by atoms with E-state index >= 15 is 0 Å². The topological polar surface area (TPSA) is 39.4 Å². The van der Waals surface area contributed by atoms with Crippen molar-refractivity contribution in [2.24, 2.45) is 0 Å². The van der Waals surface area contributed by atoms with Crippen LogP contribution in [0.15, 0.2) is 29.2 Å². The molecule has 0 saturated carbocycles. The summed E-state index contributed by atoms with van der Waals surface area (Å²) in [7, 11) is 0. The Hall–Kier alpha value is -2.03. The van der Waals surface area contributed by atoms with Gasteiger partial charge in [0.05, 0.1) is 6.61 Å². The minimum absolute atomic E-state index is 0.274. The van der Waals surface area contributed by atoms with Crippen molar-refractivity contribution in [3.8, 4) is 0 Å². The van der Waals surface area contributed by atoms with Crippen LogP contribution in [0, 0.1) is 6.92 Å². The number of benzene rings is 1. The number of aryl methyl sites for hydroxylation is 1. The van der Waals surface area contributed by atoms with Crippen molar-refractivity contribution in [3.63, 3.8) is 0 Å². The molecule has 2 aromatic rings. The van der Waals surface area contributed by atoms with Crippen LogP contribution in [0.5, 0.6) is 0 Å². The molecule has 0 aliphatic heterocycles. The van der Waals surface area contributed by atoms with Crippen molar-refractivity contribution in [2.75, 3.05) is 6.61 Å². The van der Waals surface area contributed by atoms with E-state index in [-0.39, 0.29) is 5.76 Å². The summed E-state index contributed by atoms with van der Waals surface area (Å²) < 4.78 is 10.5. The van der Waals surface area contributed by atoms with Gasteiger partial charge in [0.2, 0.25) is 5.76 Å². The van der Waals surface area contributed by atoms with Gasteiger partial charge in [0, 0.05) is 16.5 Å². The number of carbonyl (C=O) groups is 1. The fourth-order valence-corrected chi connectivity index (χ4v) is 1.82. The Kier molecular flexibility index (Phi) is 3.00. The average molecular weight is 230 g/mol. The van der Waals surface area contributed by atoms with Crippen molar-refractivity contribution in [1.29, 1.82) is 0 Å². The van der Waals surface area contributed by atoms with Crippen LogP contribution >= 0.6 is 0 Å². The molecule has 0 bridgehead atoms. The summed E-state index contributed by atoms with van der Waals surface area (Å²) in [5.74, 6) is -0.146. The van der Waals surface area contributed by atoms with Crippen molar-refractivity contribution >= 4 is 23.0 Å². The molecule has 1 heterocycles. The number of ether oxygens (including phenoxy) is 1. The summed E-state index contributed by atoms with van der Waals surface area (Å²) in [5, 5.41) is 0.922. The molecule has 0 atom stereocenters. The first kappa shape index (κ1) is 11.5. The first-order chi connectivity index (χ1) is 8.19. The number of hydrogen-bond acceptors (Lipinski definition) is 3. The summed E-state index contributed by atoms with van der Waals surface area (Å²) >= 11 is 0. The molecule has 17 heavy (non-hydrogen) atoms. The highest BCUT2D eigenvalue weighted by Gasteiger charge is 2.19. The van der Waals surface area contributed by atoms with Gasteiger partial charge in [0.1, 0.15) is 5.58 Å². The molecule has 88 valence electrons. The highest BCUT2D eigenvalue weighted by molar-refractivity contribution is 5.98. The number of rotatable bonds is 3. The van der Waals surface area contributed by atoms with Crippen LogP contribution in [0.1, 0.15) is 28.6 Å². The average Bonchev–Trinajstić information content (AvgIpc) is 2.67. The summed E-state index contributed by atoms with van der Waals surface area (Å²) in [6, 6.07) is 5.73. The number of para-hydroxylation sites is 1. The van der Waals surface area contributed by atoms with Crippen LogP contribution in [0.2, 0.25) is 0 Å². The molecule has 3 heteroatoms. The van der Waals surface area contributed by atoms with Crippen molar-refractivity contribution in [3.05, 3.63) is 41.7 Å². The van der Waals surface area contributed by atoms with Gasteiger partial charge in [-0.15, -0.1) is 0 Å². The zero-order chi connectivity index (χ0) is 12.4. The molecular formula is C14H14O3. The van der Waals surface area contributed by atoms with Gasteiger partial charge in [-0.3, -0.25) is 0 Å². The maximum atomic E-state index is 11.7. The third-order valence-electron chi connectivity index (χ3n) is 2.67. The second-order valence-corrected chi connectivity index (χ2v) is 3.70. The smallest absolute Gasteiger partial charge is 0.374 e. The molecule has 0 aliphatic carbocycles. The molecule has 3 nitrogen and oxygen atoms in total. The van der Waals surface area contributed by atoms with E-state index in [1.165, 1.54) is 0 Å². The number of hydrogen-bond donors (Lipinski definition) is 0. The number of furan rings is 1. The molecule has 0 saturated heterocycles. The van der Waals surface area contributed by atoms with Gasteiger partial charge in [0.15, 0.2) is 0 Å². The Morgan fingerprint density at radius 3 is 2.94 bits per heavy atom. The third-order valence-corrected chi connectivity index (χ3v) is 2.67. The van der Waals surface area contributed by atoms with Gasteiger partial charge < -0.3 is 9.15 Å². The van der Waals surface area contributed by atoms with E-state index in [0.717, 1.165) is 16.5 Å². The summed E-state index contributed by atoms with van der Waals surface area (Å²) in [6.07, 6.45) is 1.71. The van der Waals surface area contributed by atoms with E-state index in [0.29, 0.717) is 12.2 Å². The monoisotopic (exact) mass is 230 g/mol. The predicted octanol–water partition coefficient (Wildman–Crippen LogP) is 3.56. The second-order valence-electron chi connectivity index (χ2n) is 3.70. The lowest BCUT2D eigenvalue weighted by Crippen LogP contribution is -2.04. The van der Waals surface area contributed by atoms with Crippen LogP contribution < -0.4 is 0 Å². The molecule has 0 amide bonds. The van der Waals surface area contributed by atoms with E-state index in [9.17, 15) is 4.79 Å². The predicted molar refractivity (Wildman–Crippen MR) is 67.0 cm³/mol. The van der Waals surface area contributed by atoms with Gasteiger partial charge in [-0.2, -0.15) is 0 Å².